The van der Waals surface area contributed by atoms with Crippen molar-refractivity contribution in [2.75, 3.05) is 11.9 Å². The van der Waals surface area contributed by atoms with Gasteiger partial charge >= 0.3 is 0 Å². The maximum atomic E-state index is 4.66. The fourth-order valence-corrected chi connectivity index (χ4v) is 3.00. The zero-order chi connectivity index (χ0) is 14.7. The summed E-state index contributed by atoms with van der Waals surface area (Å²) in [6.45, 7) is 7.07. The lowest BCUT2D eigenvalue weighted by Gasteiger charge is -2.14. The highest BCUT2D eigenvalue weighted by Gasteiger charge is 2.17. The third-order valence-electron chi connectivity index (χ3n) is 2.74. The van der Waals surface area contributed by atoms with Crippen molar-refractivity contribution in [3.05, 3.63) is 33.0 Å². The number of halogens is 2. The molecule has 2 aromatic rings. The molecule has 2 rings (SSSR count). The van der Waals surface area contributed by atoms with Gasteiger partial charge in [-0.1, -0.05) is 13.8 Å². The van der Waals surface area contributed by atoms with Gasteiger partial charge in [-0.2, -0.15) is 0 Å². The van der Waals surface area contributed by atoms with Crippen molar-refractivity contribution >= 4 is 37.7 Å². The highest BCUT2D eigenvalue weighted by atomic mass is 79.9. The van der Waals surface area contributed by atoms with Crippen LogP contribution in [0.25, 0.3) is 11.5 Å². The smallest absolute Gasteiger partial charge is 0.181 e. The molecule has 2 aromatic heterocycles. The van der Waals surface area contributed by atoms with Gasteiger partial charge in [-0.3, -0.25) is 4.98 Å². The summed E-state index contributed by atoms with van der Waals surface area (Å²) in [6, 6.07) is 3.82. The first-order valence-electron chi connectivity index (χ1n) is 6.46. The molecule has 1 N–H and O–H groups in total. The number of anilines is 1. The number of rotatable bonds is 4. The molecule has 0 saturated carbocycles. The van der Waals surface area contributed by atoms with Crippen molar-refractivity contribution < 1.29 is 0 Å². The van der Waals surface area contributed by atoms with Crippen LogP contribution >= 0.6 is 31.9 Å². The van der Waals surface area contributed by atoms with E-state index in [-0.39, 0.29) is 0 Å². The average Bonchev–Trinajstić information content (AvgIpc) is 2.41. The first kappa shape index (κ1) is 15.4. The van der Waals surface area contributed by atoms with E-state index in [1.54, 1.807) is 6.20 Å². The second-order valence-electron chi connectivity index (χ2n) is 4.61. The maximum absolute atomic E-state index is 4.66. The SMILES string of the molecule is CCNc1nc(-c2ncccc2Br)nc(C(C)C)c1Br. The minimum Gasteiger partial charge on any atom is -0.369 e. The normalized spacial score (nSPS) is 10.9. The Labute approximate surface area is 135 Å². The molecular formula is C14H16Br2N4. The average molecular weight is 400 g/mol. The number of aromatic nitrogens is 3. The van der Waals surface area contributed by atoms with E-state index in [0.29, 0.717) is 11.7 Å². The molecule has 0 fully saturated rings. The van der Waals surface area contributed by atoms with E-state index >= 15 is 0 Å². The predicted molar refractivity (Wildman–Crippen MR) is 88.9 cm³/mol. The van der Waals surface area contributed by atoms with Crippen molar-refractivity contribution in [2.45, 2.75) is 26.7 Å². The van der Waals surface area contributed by atoms with E-state index in [9.17, 15) is 0 Å². The van der Waals surface area contributed by atoms with Gasteiger partial charge in [0.1, 0.15) is 11.5 Å². The summed E-state index contributed by atoms with van der Waals surface area (Å²) in [5.41, 5.74) is 1.73. The molecule has 0 aliphatic heterocycles. The molecule has 0 saturated heterocycles. The zero-order valence-corrected chi connectivity index (χ0v) is 14.8. The van der Waals surface area contributed by atoms with Crippen molar-refractivity contribution in [1.29, 1.82) is 0 Å². The minimum absolute atomic E-state index is 0.297. The van der Waals surface area contributed by atoms with Gasteiger partial charge in [-0.25, -0.2) is 9.97 Å². The second-order valence-corrected chi connectivity index (χ2v) is 6.26. The Kier molecular flexibility index (Phi) is 5.10. The molecule has 106 valence electrons. The lowest BCUT2D eigenvalue weighted by Crippen LogP contribution is -2.07. The Morgan fingerprint density at radius 2 is 2.00 bits per heavy atom. The van der Waals surface area contributed by atoms with Gasteiger partial charge in [0, 0.05) is 17.2 Å². The van der Waals surface area contributed by atoms with E-state index < -0.39 is 0 Å². The molecule has 0 unspecified atom stereocenters. The lowest BCUT2D eigenvalue weighted by atomic mass is 10.1. The molecule has 20 heavy (non-hydrogen) atoms. The Morgan fingerprint density at radius 3 is 2.60 bits per heavy atom. The Hall–Kier alpha value is -1.01. The summed E-state index contributed by atoms with van der Waals surface area (Å²) in [5.74, 6) is 1.73. The summed E-state index contributed by atoms with van der Waals surface area (Å²) in [5, 5.41) is 3.26. The van der Waals surface area contributed by atoms with Gasteiger partial charge in [-0.05, 0) is 56.8 Å². The number of nitrogens with one attached hydrogen (secondary N) is 1. The minimum atomic E-state index is 0.297. The summed E-state index contributed by atoms with van der Waals surface area (Å²) < 4.78 is 1.81. The molecule has 0 spiro atoms. The highest BCUT2D eigenvalue weighted by Crippen LogP contribution is 2.32. The summed E-state index contributed by atoms with van der Waals surface area (Å²) in [4.78, 5) is 13.6. The quantitative estimate of drug-likeness (QED) is 0.814. The molecule has 6 heteroatoms. The van der Waals surface area contributed by atoms with Crippen LogP contribution in [-0.2, 0) is 0 Å². The van der Waals surface area contributed by atoms with Gasteiger partial charge in [-0.15, -0.1) is 0 Å². The molecule has 0 radical (unpaired) electrons. The maximum Gasteiger partial charge on any atom is 0.181 e. The zero-order valence-electron chi connectivity index (χ0n) is 11.6. The summed E-state index contributed by atoms with van der Waals surface area (Å²) in [7, 11) is 0. The van der Waals surface area contributed by atoms with Gasteiger partial charge in [0.05, 0.1) is 10.2 Å². The number of pyridine rings is 1. The second kappa shape index (κ2) is 6.63. The molecular weight excluding hydrogens is 384 g/mol. The van der Waals surface area contributed by atoms with Crippen LogP contribution in [0.1, 0.15) is 32.4 Å². The number of hydrogen-bond acceptors (Lipinski definition) is 4. The first-order valence-corrected chi connectivity index (χ1v) is 8.05. The predicted octanol–water partition coefficient (Wildman–Crippen LogP) is 4.62. The van der Waals surface area contributed by atoms with Crippen LogP contribution in [0.2, 0.25) is 0 Å². The van der Waals surface area contributed by atoms with E-state index in [4.69, 9.17) is 0 Å². The van der Waals surface area contributed by atoms with Crippen molar-refractivity contribution in [1.82, 2.24) is 15.0 Å². The largest absolute Gasteiger partial charge is 0.369 e. The van der Waals surface area contributed by atoms with Crippen LogP contribution in [-0.4, -0.2) is 21.5 Å². The van der Waals surface area contributed by atoms with E-state index in [1.165, 1.54) is 0 Å². The Morgan fingerprint density at radius 1 is 1.25 bits per heavy atom. The van der Waals surface area contributed by atoms with Crippen molar-refractivity contribution in [3.63, 3.8) is 0 Å². The lowest BCUT2D eigenvalue weighted by molar-refractivity contribution is 0.808. The Balaban J connectivity index is 2.62. The number of nitrogens with zero attached hydrogens (tertiary/aromatic N) is 3. The molecule has 0 bridgehead atoms. The van der Waals surface area contributed by atoms with Gasteiger partial charge in [0.2, 0.25) is 0 Å². The molecule has 4 nitrogen and oxygen atoms in total. The molecule has 0 aliphatic rings. The van der Waals surface area contributed by atoms with Crippen LogP contribution in [0, 0.1) is 0 Å². The Bertz CT molecular complexity index is 614. The van der Waals surface area contributed by atoms with Gasteiger partial charge in [0.15, 0.2) is 5.82 Å². The molecule has 2 heterocycles. The van der Waals surface area contributed by atoms with E-state index in [1.807, 2.05) is 19.1 Å². The van der Waals surface area contributed by atoms with Crippen LogP contribution < -0.4 is 5.32 Å². The summed E-state index contributed by atoms with van der Waals surface area (Å²) >= 11 is 7.09. The van der Waals surface area contributed by atoms with Gasteiger partial charge in [0.25, 0.3) is 0 Å². The van der Waals surface area contributed by atoms with Crippen LogP contribution in [0.5, 0.6) is 0 Å². The molecule has 0 aliphatic carbocycles. The van der Waals surface area contributed by atoms with Crippen molar-refractivity contribution in [3.8, 4) is 11.5 Å². The fourth-order valence-electron chi connectivity index (χ4n) is 1.79. The standard InChI is InChI=1S/C14H16Br2N4/c1-4-17-13-10(16)11(8(2)3)19-14(20-13)12-9(15)6-5-7-18-12/h5-8H,4H2,1-3H3,(H,17,19,20). The van der Waals surface area contributed by atoms with E-state index in [2.05, 4.69) is 66.0 Å². The van der Waals surface area contributed by atoms with Crippen LogP contribution in [0.15, 0.2) is 27.3 Å². The number of hydrogen-bond donors (Lipinski definition) is 1. The van der Waals surface area contributed by atoms with Crippen molar-refractivity contribution in [2.24, 2.45) is 0 Å². The fraction of sp³-hybridized carbons (Fsp3) is 0.357. The third-order valence-corrected chi connectivity index (χ3v) is 4.16. The topological polar surface area (TPSA) is 50.7 Å². The third kappa shape index (κ3) is 3.17. The highest BCUT2D eigenvalue weighted by molar-refractivity contribution is 9.11. The van der Waals surface area contributed by atoms with Crippen LogP contribution in [0.3, 0.4) is 0 Å². The van der Waals surface area contributed by atoms with E-state index in [0.717, 1.165) is 32.7 Å². The molecule has 0 atom stereocenters. The first-order chi connectivity index (χ1) is 9.54. The molecule has 0 amide bonds. The monoisotopic (exact) mass is 398 g/mol. The summed E-state index contributed by atoms with van der Waals surface area (Å²) in [6.07, 6.45) is 1.74. The molecule has 0 aromatic carbocycles. The van der Waals surface area contributed by atoms with Gasteiger partial charge < -0.3 is 5.32 Å². The van der Waals surface area contributed by atoms with Crippen LogP contribution in [0.4, 0.5) is 5.82 Å².